The zero-order chi connectivity index (χ0) is 52.9. The lowest BCUT2D eigenvalue weighted by Gasteiger charge is -2.36. The number of benzene rings is 2. The van der Waals surface area contributed by atoms with Crippen LogP contribution in [0.3, 0.4) is 0 Å². The number of likely N-dealkylation sites (tertiary alicyclic amines) is 1. The fourth-order valence-corrected chi connectivity index (χ4v) is 10.5. The topological polar surface area (TPSA) is 216 Å². The number of piperazine rings is 1. The molecule has 4 atom stereocenters. The molecule has 2 saturated heterocycles. The number of carbonyl (C=O) groups is 3. The Morgan fingerprint density at radius 3 is 2.31 bits per heavy atom. The molecule has 6 heterocycles. The van der Waals surface area contributed by atoms with Gasteiger partial charge in [0.05, 0.1) is 40.5 Å². The number of β-amino-alcohol motifs (C(OH)–C–C–N with tert-alkyl or cyclic N) is 1. The largest absolute Gasteiger partial charge is 0.391 e. The lowest BCUT2D eigenvalue weighted by atomic mass is 9.85. The predicted octanol–water partition coefficient (Wildman–Crippen LogP) is 6.62. The van der Waals surface area contributed by atoms with Gasteiger partial charge in [-0.05, 0) is 100 Å². The maximum Gasteiger partial charge on any atom is 0.278 e. The van der Waals surface area contributed by atoms with Gasteiger partial charge in [0.25, 0.3) is 5.56 Å². The van der Waals surface area contributed by atoms with Crippen molar-refractivity contribution in [3.05, 3.63) is 118 Å². The molecule has 3 amide bonds. The Labute approximate surface area is 436 Å². The van der Waals surface area contributed by atoms with Gasteiger partial charge in [-0.15, -0.1) is 17.9 Å². The van der Waals surface area contributed by atoms with Crippen LogP contribution in [0.5, 0.6) is 0 Å². The molecule has 19 heteroatoms. The average Bonchev–Trinajstić information content (AvgIpc) is 4.07. The van der Waals surface area contributed by atoms with E-state index in [0.29, 0.717) is 34.9 Å². The molecule has 2 aliphatic rings. The van der Waals surface area contributed by atoms with Crippen LogP contribution in [-0.4, -0.2) is 124 Å². The second-order valence-electron chi connectivity index (χ2n) is 21.1. The number of aliphatic hydroxyl groups excluding tert-OH is 1. The van der Waals surface area contributed by atoms with Gasteiger partial charge in [-0.25, -0.2) is 24.3 Å². The molecule has 0 unspecified atom stereocenters. The van der Waals surface area contributed by atoms with E-state index in [9.17, 15) is 29.4 Å². The number of unbranched alkanes of at least 4 members (excludes halogenated alkanes) is 2. The minimum atomic E-state index is -1.19. The fourth-order valence-electron chi connectivity index (χ4n) is 9.65. The van der Waals surface area contributed by atoms with E-state index in [0.717, 1.165) is 78.6 Å². The van der Waals surface area contributed by atoms with Crippen molar-refractivity contribution in [1.82, 2.24) is 49.7 Å². The molecule has 2 aromatic carbocycles. The lowest BCUT2D eigenvalue weighted by Crippen LogP contribution is -2.57. The summed E-state index contributed by atoms with van der Waals surface area (Å²) in [5.41, 5.74) is 5.38. The molecule has 0 bridgehead atoms. The van der Waals surface area contributed by atoms with Crippen LogP contribution >= 0.6 is 11.3 Å². The van der Waals surface area contributed by atoms with Crippen molar-refractivity contribution in [1.29, 1.82) is 0 Å². The summed E-state index contributed by atoms with van der Waals surface area (Å²) in [7, 11) is 0. The number of anilines is 3. The minimum absolute atomic E-state index is 0.0185. The Morgan fingerprint density at radius 1 is 0.919 bits per heavy atom. The maximum atomic E-state index is 14.2. The Hall–Kier alpha value is -6.80. The summed E-state index contributed by atoms with van der Waals surface area (Å²) in [6, 6.07) is 19.3. The minimum Gasteiger partial charge on any atom is -0.391 e. The van der Waals surface area contributed by atoms with Gasteiger partial charge >= 0.3 is 0 Å². The molecule has 0 aliphatic carbocycles. The van der Waals surface area contributed by atoms with E-state index in [1.807, 2.05) is 76.5 Å². The summed E-state index contributed by atoms with van der Waals surface area (Å²) in [6.45, 7) is 21.4. The second-order valence-corrected chi connectivity index (χ2v) is 21.9. The molecule has 0 radical (unpaired) electrons. The molecule has 392 valence electrons. The van der Waals surface area contributed by atoms with Crippen LogP contribution < -0.4 is 26.4 Å². The number of thiazole rings is 1. The highest BCUT2D eigenvalue weighted by molar-refractivity contribution is 7.13. The normalized spacial score (nSPS) is 17.3. The van der Waals surface area contributed by atoms with E-state index < -0.39 is 29.2 Å². The van der Waals surface area contributed by atoms with Gasteiger partial charge in [0, 0.05) is 63.1 Å². The Bertz CT molecular complexity index is 3000. The van der Waals surface area contributed by atoms with Gasteiger partial charge in [0.2, 0.25) is 23.7 Å². The first-order valence-corrected chi connectivity index (χ1v) is 26.4. The number of hydrogen-bond acceptors (Lipinski definition) is 14. The second kappa shape index (κ2) is 22.8. The molecular formula is C55H70N12O6S. The maximum absolute atomic E-state index is 14.2. The number of aromatic nitrogens is 6. The van der Waals surface area contributed by atoms with Crippen LogP contribution in [0.1, 0.15) is 96.6 Å². The summed E-state index contributed by atoms with van der Waals surface area (Å²) in [5.74, 6) is -0.172. The van der Waals surface area contributed by atoms with Crippen LogP contribution in [0.15, 0.2) is 95.9 Å². The zero-order valence-corrected chi connectivity index (χ0v) is 44.4. The predicted molar refractivity (Wildman–Crippen MR) is 290 cm³/mol. The number of aryl methyl sites for hydroxylation is 1. The Kier molecular flexibility index (Phi) is 16.5. The smallest absolute Gasteiger partial charge is 0.278 e. The van der Waals surface area contributed by atoms with Crippen LogP contribution in [0.4, 0.5) is 17.3 Å². The Balaban J connectivity index is 0.779. The molecular weight excluding hydrogens is 957 g/mol. The highest BCUT2D eigenvalue weighted by atomic mass is 32.1. The van der Waals surface area contributed by atoms with Crippen LogP contribution in [0, 0.1) is 12.3 Å². The van der Waals surface area contributed by atoms with Crippen LogP contribution in [-0.2, 0) is 26.5 Å². The number of allylic oxidation sites excluding steroid dienone is 1. The number of fused-ring (bicyclic) bond motifs is 1. The van der Waals surface area contributed by atoms with Crippen molar-refractivity contribution in [2.75, 3.05) is 49.5 Å². The van der Waals surface area contributed by atoms with Crippen molar-refractivity contribution in [2.24, 2.45) is 5.41 Å². The fraction of sp³-hybridized carbons (Fsp3) is 0.455. The summed E-state index contributed by atoms with van der Waals surface area (Å²) in [6.07, 6.45) is 5.19. The van der Waals surface area contributed by atoms with Gasteiger partial charge in [0.15, 0.2) is 11.5 Å². The van der Waals surface area contributed by atoms with Gasteiger partial charge < -0.3 is 36.0 Å². The van der Waals surface area contributed by atoms with E-state index in [2.05, 4.69) is 59.4 Å². The number of carbonyl (C=O) groups excluding carboxylic acids is 3. The molecule has 0 spiro atoms. The van der Waals surface area contributed by atoms with E-state index in [4.69, 9.17) is 4.98 Å². The average molecular weight is 1030 g/mol. The van der Waals surface area contributed by atoms with Crippen LogP contribution in [0.2, 0.25) is 0 Å². The first-order chi connectivity index (χ1) is 35.3. The summed E-state index contributed by atoms with van der Waals surface area (Å²) in [5, 5.41) is 31.0. The first-order valence-electron chi connectivity index (χ1n) is 25.5. The standard InChI is InChI=1S/C55H70N12O6S/c1-9-25-66-51(71)42-32-56-53(62-49(42)67(66)45-15-13-14-44(60-45)55(7,8)73)59-39-21-23-40(24-22-39)64-29-27-63(28-30-64)26-12-10-11-16-46(69)61-48(54(4,5)6)52(72)65-33-41(68)31-43(65)50(70)58-35(2)37-17-19-38(20-18-37)47-36(3)57-34-74-47/h9,13-15,17-24,32,34-35,41,43,48,68,73H,1,10-12,16,25-31,33H2,2-8H3,(H,58,70)(H,61,69)(H,56,59,62)/t35-,41-,43+,48+/m0/s1. The molecule has 2 fully saturated rings. The molecule has 4 aromatic heterocycles. The number of aliphatic hydroxyl groups is 2. The first kappa shape index (κ1) is 53.5. The summed E-state index contributed by atoms with van der Waals surface area (Å²) >= 11 is 1.58. The van der Waals surface area contributed by atoms with Crippen molar-refractivity contribution in [3.8, 4) is 16.3 Å². The Morgan fingerprint density at radius 2 is 1.65 bits per heavy atom. The molecule has 18 nitrogen and oxygen atoms in total. The van der Waals surface area contributed by atoms with Crippen LogP contribution in [0.25, 0.3) is 27.3 Å². The molecule has 8 rings (SSSR count). The highest BCUT2D eigenvalue weighted by Gasteiger charge is 2.44. The highest BCUT2D eigenvalue weighted by Crippen LogP contribution is 2.31. The van der Waals surface area contributed by atoms with Crippen molar-refractivity contribution in [3.63, 3.8) is 0 Å². The van der Waals surface area contributed by atoms with E-state index >= 15 is 0 Å². The SMILES string of the molecule is C=CCn1c(=O)c2cnc(Nc3ccc(N4CCN(CCCCCC(=O)N[C@H](C(=O)N5C[C@@H](O)C[C@@H]5C(=O)N[C@@H](C)c5ccc(-c6scnc6C)cc5)C(C)(C)C)CC4)cc3)nc2n1-c1cccc(C(C)(C)O)n1. The van der Waals surface area contributed by atoms with Crippen molar-refractivity contribution in [2.45, 2.75) is 117 Å². The zero-order valence-electron chi connectivity index (χ0n) is 43.5. The lowest BCUT2D eigenvalue weighted by molar-refractivity contribution is -0.144. The van der Waals surface area contributed by atoms with E-state index in [-0.39, 0.29) is 55.3 Å². The third-order valence-corrected chi connectivity index (χ3v) is 14.8. The number of nitrogens with one attached hydrogen (secondary N) is 3. The number of hydrogen-bond donors (Lipinski definition) is 5. The molecule has 74 heavy (non-hydrogen) atoms. The van der Waals surface area contributed by atoms with E-state index in [1.165, 1.54) is 15.8 Å². The summed E-state index contributed by atoms with van der Waals surface area (Å²) < 4.78 is 3.13. The number of rotatable bonds is 19. The number of pyridine rings is 1. The molecule has 6 aromatic rings. The van der Waals surface area contributed by atoms with Gasteiger partial charge in [-0.1, -0.05) is 63.6 Å². The third kappa shape index (κ3) is 12.4. The number of amides is 3. The van der Waals surface area contributed by atoms with E-state index in [1.54, 1.807) is 54.1 Å². The van der Waals surface area contributed by atoms with Gasteiger partial charge in [-0.3, -0.25) is 24.1 Å². The van der Waals surface area contributed by atoms with Crippen molar-refractivity contribution < 1.29 is 24.6 Å². The quantitative estimate of drug-likeness (QED) is 0.0427. The molecule has 2 aliphatic heterocycles. The molecule has 5 N–H and O–H groups in total. The van der Waals surface area contributed by atoms with Gasteiger partial charge in [0.1, 0.15) is 23.1 Å². The number of nitrogens with zero attached hydrogens (tertiary/aromatic N) is 9. The summed E-state index contributed by atoms with van der Waals surface area (Å²) in [4.78, 5) is 80.3. The third-order valence-electron chi connectivity index (χ3n) is 13.9. The van der Waals surface area contributed by atoms with Gasteiger partial charge in [-0.2, -0.15) is 4.98 Å². The molecule has 0 saturated carbocycles. The van der Waals surface area contributed by atoms with Crippen molar-refractivity contribution >= 4 is 57.4 Å². The monoisotopic (exact) mass is 1030 g/mol.